The summed E-state index contributed by atoms with van der Waals surface area (Å²) in [6.07, 6.45) is 0. The lowest BCUT2D eigenvalue weighted by Crippen LogP contribution is -2.26. The Hall–Kier alpha value is -0.930. The molecule has 1 N–H and O–H groups in total. The second kappa shape index (κ2) is 4.35. The van der Waals surface area contributed by atoms with Gasteiger partial charge in [0.25, 0.3) is 0 Å². The molecule has 0 unspecified atom stereocenters. The molecule has 0 fully saturated rings. The lowest BCUT2D eigenvalue weighted by atomic mass is 10.2. The summed E-state index contributed by atoms with van der Waals surface area (Å²) in [5, 5.41) is 10.6. The zero-order valence-electron chi connectivity index (χ0n) is 7.87. The Bertz CT molecular complexity index is 258. The van der Waals surface area contributed by atoms with Gasteiger partial charge in [0.1, 0.15) is 5.82 Å². The third-order valence-electron chi connectivity index (χ3n) is 1.85. The largest absolute Gasteiger partial charge is 0.313 e. The molecule has 2 nitrogen and oxygen atoms in total. The number of hydroxylamine groups is 2. The predicted molar refractivity (Wildman–Crippen MR) is 48.9 cm³/mol. The average molecular weight is 183 g/mol. The normalized spacial score (nSPS) is 11.2. The molecule has 0 atom stereocenters. The molecule has 0 amide bonds. The van der Waals surface area contributed by atoms with Crippen molar-refractivity contribution in [1.29, 1.82) is 0 Å². The van der Waals surface area contributed by atoms with Crippen molar-refractivity contribution in [3.8, 4) is 0 Å². The summed E-state index contributed by atoms with van der Waals surface area (Å²) in [6, 6.07) is 6.19. The number of nitrogens with zero attached hydrogens (tertiary/aromatic N) is 1. The molecule has 13 heavy (non-hydrogen) atoms. The molecule has 1 rings (SSSR count). The summed E-state index contributed by atoms with van der Waals surface area (Å²) in [5.74, 6) is -0.252. The maximum absolute atomic E-state index is 12.5. The molecule has 0 saturated heterocycles. The minimum absolute atomic E-state index is 0.0741. The van der Waals surface area contributed by atoms with Crippen LogP contribution in [0.5, 0.6) is 0 Å². The van der Waals surface area contributed by atoms with E-state index in [4.69, 9.17) is 0 Å². The van der Waals surface area contributed by atoms with Crippen molar-refractivity contribution in [3.05, 3.63) is 35.6 Å². The molecule has 0 bridgehead atoms. The Balaban J connectivity index is 2.59. The second-order valence-corrected chi connectivity index (χ2v) is 3.32. The predicted octanol–water partition coefficient (Wildman–Crippen LogP) is 2.43. The van der Waals surface area contributed by atoms with E-state index in [0.717, 1.165) is 5.56 Å². The van der Waals surface area contributed by atoms with Crippen molar-refractivity contribution in [2.75, 3.05) is 0 Å². The van der Waals surface area contributed by atoms with Crippen LogP contribution in [0.1, 0.15) is 19.4 Å². The third-order valence-corrected chi connectivity index (χ3v) is 1.85. The molecule has 0 aliphatic rings. The summed E-state index contributed by atoms with van der Waals surface area (Å²) < 4.78 is 12.5. The van der Waals surface area contributed by atoms with E-state index in [2.05, 4.69) is 0 Å². The minimum atomic E-state index is -0.252. The zero-order chi connectivity index (χ0) is 9.84. The van der Waals surface area contributed by atoms with Crippen molar-refractivity contribution in [1.82, 2.24) is 5.06 Å². The first-order valence-corrected chi connectivity index (χ1v) is 4.29. The summed E-state index contributed by atoms with van der Waals surface area (Å²) in [4.78, 5) is 0. The van der Waals surface area contributed by atoms with E-state index >= 15 is 0 Å². The Morgan fingerprint density at radius 3 is 2.31 bits per heavy atom. The topological polar surface area (TPSA) is 23.5 Å². The van der Waals surface area contributed by atoms with Crippen LogP contribution >= 0.6 is 0 Å². The van der Waals surface area contributed by atoms with Crippen LogP contribution in [0.3, 0.4) is 0 Å². The fourth-order valence-corrected chi connectivity index (χ4v) is 0.959. The molecule has 0 spiro atoms. The number of hydrogen-bond donors (Lipinski definition) is 1. The monoisotopic (exact) mass is 183 g/mol. The van der Waals surface area contributed by atoms with E-state index in [-0.39, 0.29) is 11.9 Å². The van der Waals surface area contributed by atoms with Crippen LogP contribution in [0.2, 0.25) is 0 Å². The minimum Gasteiger partial charge on any atom is -0.313 e. The van der Waals surface area contributed by atoms with Gasteiger partial charge < -0.3 is 5.21 Å². The van der Waals surface area contributed by atoms with Gasteiger partial charge in [0.2, 0.25) is 0 Å². The van der Waals surface area contributed by atoms with Crippen LogP contribution in [-0.2, 0) is 6.54 Å². The summed E-state index contributed by atoms with van der Waals surface area (Å²) in [5.41, 5.74) is 0.901. The molecular formula is C10H14FNO. The highest BCUT2D eigenvalue weighted by molar-refractivity contribution is 5.15. The highest BCUT2D eigenvalue weighted by Crippen LogP contribution is 2.06. The molecule has 0 radical (unpaired) electrons. The first-order chi connectivity index (χ1) is 6.09. The Morgan fingerprint density at radius 1 is 1.31 bits per heavy atom. The molecule has 0 aliphatic heterocycles. The van der Waals surface area contributed by atoms with E-state index in [9.17, 15) is 9.60 Å². The maximum atomic E-state index is 12.5. The fourth-order valence-electron chi connectivity index (χ4n) is 0.959. The lowest BCUT2D eigenvalue weighted by molar-refractivity contribution is -0.125. The molecule has 0 saturated carbocycles. The van der Waals surface area contributed by atoms with Crippen molar-refractivity contribution >= 4 is 0 Å². The van der Waals surface area contributed by atoms with Gasteiger partial charge in [-0.1, -0.05) is 12.1 Å². The van der Waals surface area contributed by atoms with Gasteiger partial charge in [-0.05, 0) is 31.5 Å². The van der Waals surface area contributed by atoms with Crippen LogP contribution in [0.25, 0.3) is 0 Å². The van der Waals surface area contributed by atoms with Crippen molar-refractivity contribution < 1.29 is 9.60 Å². The van der Waals surface area contributed by atoms with Gasteiger partial charge in [0.05, 0.1) is 0 Å². The van der Waals surface area contributed by atoms with Crippen LogP contribution in [-0.4, -0.2) is 16.3 Å². The smallest absolute Gasteiger partial charge is 0.123 e. The van der Waals surface area contributed by atoms with Crippen LogP contribution in [0.15, 0.2) is 24.3 Å². The van der Waals surface area contributed by atoms with Gasteiger partial charge in [-0.15, -0.1) is 0 Å². The van der Waals surface area contributed by atoms with Crippen LogP contribution in [0, 0.1) is 5.82 Å². The number of halogens is 1. The fraction of sp³-hybridized carbons (Fsp3) is 0.400. The van der Waals surface area contributed by atoms with E-state index in [0.29, 0.717) is 6.54 Å². The second-order valence-electron chi connectivity index (χ2n) is 3.32. The van der Waals surface area contributed by atoms with Gasteiger partial charge >= 0.3 is 0 Å². The van der Waals surface area contributed by atoms with E-state index < -0.39 is 0 Å². The van der Waals surface area contributed by atoms with Crippen LogP contribution in [0.4, 0.5) is 4.39 Å². The SMILES string of the molecule is CC(C)N(O)Cc1ccc(F)cc1. The Morgan fingerprint density at radius 2 is 1.85 bits per heavy atom. The van der Waals surface area contributed by atoms with Crippen molar-refractivity contribution in [3.63, 3.8) is 0 Å². The molecule has 0 aliphatic carbocycles. The van der Waals surface area contributed by atoms with Crippen molar-refractivity contribution in [2.45, 2.75) is 26.4 Å². The molecule has 1 aromatic carbocycles. The molecular weight excluding hydrogens is 169 g/mol. The first kappa shape index (κ1) is 10.2. The molecule has 0 heterocycles. The van der Waals surface area contributed by atoms with E-state index in [1.165, 1.54) is 17.2 Å². The number of rotatable bonds is 3. The summed E-state index contributed by atoms with van der Waals surface area (Å²) in [7, 11) is 0. The van der Waals surface area contributed by atoms with E-state index in [1.54, 1.807) is 12.1 Å². The highest BCUT2D eigenvalue weighted by Gasteiger charge is 2.05. The molecule has 0 aromatic heterocycles. The molecule has 3 heteroatoms. The standard InChI is InChI=1S/C10H14FNO/c1-8(2)12(13)7-9-3-5-10(11)6-4-9/h3-6,8,13H,7H2,1-2H3. The number of benzene rings is 1. The van der Waals surface area contributed by atoms with Gasteiger partial charge in [0, 0.05) is 12.6 Å². The summed E-state index contributed by atoms with van der Waals surface area (Å²) in [6.45, 7) is 4.21. The summed E-state index contributed by atoms with van der Waals surface area (Å²) >= 11 is 0. The van der Waals surface area contributed by atoms with Gasteiger partial charge in [-0.3, -0.25) is 0 Å². The van der Waals surface area contributed by atoms with Gasteiger partial charge in [-0.25, -0.2) is 4.39 Å². The third kappa shape index (κ3) is 3.13. The zero-order valence-corrected chi connectivity index (χ0v) is 7.87. The highest BCUT2D eigenvalue weighted by atomic mass is 19.1. The maximum Gasteiger partial charge on any atom is 0.123 e. The first-order valence-electron chi connectivity index (χ1n) is 4.29. The lowest BCUT2D eigenvalue weighted by Gasteiger charge is -2.18. The Kier molecular flexibility index (Phi) is 3.39. The quantitative estimate of drug-likeness (QED) is 0.727. The molecule has 72 valence electrons. The Labute approximate surface area is 77.6 Å². The van der Waals surface area contributed by atoms with Crippen LogP contribution < -0.4 is 0 Å². The average Bonchev–Trinajstić information content (AvgIpc) is 2.08. The van der Waals surface area contributed by atoms with E-state index in [1.807, 2.05) is 13.8 Å². The van der Waals surface area contributed by atoms with Crippen molar-refractivity contribution in [2.24, 2.45) is 0 Å². The van der Waals surface area contributed by atoms with Gasteiger partial charge in [0.15, 0.2) is 0 Å². The van der Waals surface area contributed by atoms with Gasteiger partial charge in [-0.2, -0.15) is 5.06 Å². The number of hydrogen-bond acceptors (Lipinski definition) is 2. The molecule has 1 aromatic rings.